The van der Waals surface area contributed by atoms with Crippen LogP contribution in [0.4, 0.5) is 0 Å². The van der Waals surface area contributed by atoms with Crippen LogP contribution >= 0.6 is 11.6 Å². The molecule has 3 aliphatic rings. The van der Waals surface area contributed by atoms with E-state index in [2.05, 4.69) is 38.9 Å². The zero-order valence-corrected chi connectivity index (χ0v) is 17.5. The molecule has 0 radical (unpaired) electrons. The highest BCUT2D eigenvalue weighted by Gasteiger charge is 2.72. The van der Waals surface area contributed by atoms with Crippen LogP contribution in [0.1, 0.15) is 26.3 Å². The van der Waals surface area contributed by atoms with Crippen molar-refractivity contribution in [3.05, 3.63) is 35.9 Å². The van der Waals surface area contributed by atoms with Crippen molar-refractivity contribution in [3.8, 4) is 0 Å². The molecule has 1 aromatic carbocycles. The number of aliphatic hydroxyl groups is 1. The van der Waals surface area contributed by atoms with Gasteiger partial charge in [0, 0.05) is 5.56 Å². The maximum absolute atomic E-state index is 10.9. The first-order valence-electron chi connectivity index (χ1n) is 9.07. The fraction of sp³-hybridized carbons (Fsp3) is 0.632. The number of aliphatic hydroxyl groups excluding tert-OH is 1. The van der Waals surface area contributed by atoms with Crippen LogP contribution in [0.15, 0.2) is 35.3 Å². The van der Waals surface area contributed by atoms with E-state index in [1.807, 2.05) is 30.3 Å². The maximum atomic E-state index is 10.9. The van der Waals surface area contributed by atoms with Crippen LogP contribution in [0.2, 0.25) is 18.1 Å². The van der Waals surface area contributed by atoms with E-state index in [0.717, 1.165) is 5.56 Å². The third-order valence-corrected chi connectivity index (χ3v) is 11.2. The van der Waals surface area contributed by atoms with E-state index in [1.165, 1.54) is 0 Å². The summed E-state index contributed by atoms with van der Waals surface area (Å²) in [5, 5.41) is 9.56. The summed E-state index contributed by atoms with van der Waals surface area (Å²) in [7, 11) is -2.21. The summed E-state index contributed by atoms with van der Waals surface area (Å²) in [5.41, 5.74) is 0.918. The largest absolute Gasteiger partial charge is 0.469 e. The minimum atomic E-state index is -2.21. The first-order chi connectivity index (χ1) is 12.0. The topological polar surface area (TPSA) is 60.3 Å². The molecule has 2 bridgehead atoms. The minimum absolute atomic E-state index is 0.0297. The summed E-state index contributed by atoms with van der Waals surface area (Å²) < 4.78 is 18.6. The standard InChI is InChI=1S/C19H26ClNO4Si/c1-18(2,3)26(4,5)25-19(20)15(22)13-12-14(16(19)23-13)24-17(21-12)11-9-7-6-8-10-11/h6-10,12-16,22H,1-5H3/t12-,13+,14-,15+,16-,19-/m1/s1. The second-order valence-corrected chi connectivity index (χ2v) is 14.2. The SMILES string of the molecule is CC(C)(C)[Si](C)(C)O[C@@]1(Cl)[C@@H]2O[C@@H]([C@H]3N=C(c4ccccc4)O[C@H]32)[C@@H]1O. The van der Waals surface area contributed by atoms with Gasteiger partial charge in [-0.1, -0.05) is 50.6 Å². The summed E-state index contributed by atoms with van der Waals surface area (Å²) in [5.74, 6) is 0.583. The van der Waals surface area contributed by atoms with E-state index in [9.17, 15) is 5.11 Å². The molecule has 1 aromatic rings. The van der Waals surface area contributed by atoms with Gasteiger partial charge in [0.05, 0.1) is 0 Å². The predicted molar refractivity (Wildman–Crippen MR) is 103 cm³/mol. The average Bonchev–Trinajstić information content (AvgIpc) is 3.18. The highest BCUT2D eigenvalue weighted by atomic mass is 35.5. The van der Waals surface area contributed by atoms with E-state index in [-0.39, 0.29) is 17.2 Å². The Morgan fingerprint density at radius 1 is 1.19 bits per heavy atom. The van der Waals surface area contributed by atoms with Crippen molar-refractivity contribution in [1.82, 2.24) is 0 Å². The van der Waals surface area contributed by atoms with Gasteiger partial charge >= 0.3 is 0 Å². The Bertz CT molecular complexity index is 735. The highest BCUT2D eigenvalue weighted by Crippen LogP contribution is 2.53. The summed E-state index contributed by atoms with van der Waals surface area (Å²) in [6, 6.07) is 9.51. The number of alkyl halides is 1. The number of rotatable bonds is 3. The second kappa shape index (κ2) is 5.79. The van der Waals surface area contributed by atoms with Crippen LogP contribution in [0.5, 0.6) is 0 Å². The van der Waals surface area contributed by atoms with Crippen LogP contribution in [0.25, 0.3) is 0 Å². The second-order valence-electron chi connectivity index (χ2n) is 8.90. The van der Waals surface area contributed by atoms with Crippen LogP contribution in [0.3, 0.4) is 0 Å². The van der Waals surface area contributed by atoms with Crippen molar-refractivity contribution in [2.45, 2.75) is 74.4 Å². The monoisotopic (exact) mass is 395 g/mol. The zero-order chi connectivity index (χ0) is 18.9. The van der Waals surface area contributed by atoms with Crippen molar-refractivity contribution in [1.29, 1.82) is 0 Å². The van der Waals surface area contributed by atoms with Crippen molar-refractivity contribution in [2.75, 3.05) is 0 Å². The van der Waals surface area contributed by atoms with Crippen LogP contribution in [-0.2, 0) is 13.9 Å². The molecule has 0 aliphatic carbocycles. The Labute approximate surface area is 160 Å². The minimum Gasteiger partial charge on any atom is -0.469 e. The van der Waals surface area contributed by atoms with Gasteiger partial charge in [-0.3, -0.25) is 0 Å². The Kier molecular flexibility index (Phi) is 4.10. The quantitative estimate of drug-likeness (QED) is 0.630. The lowest BCUT2D eigenvalue weighted by atomic mass is 9.88. The lowest BCUT2D eigenvalue weighted by Crippen LogP contribution is -2.62. The van der Waals surface area contributed by atoms with Crippen molar-refractivity contribution in [2.24, 2.45) is 4.99 Å². The number of benzene rings is 1. The van der Waals surface area contributed by atoms with E-state index in [1.54, 1.807) is 0 Å². The van der Waals surface area contributed by atoms with E-state index in [0.29, 0.717) is 5.90 Å². The fourth-order valence-electron chi connectivity index (χ4n) is 3.62. The molecule has 5 nitrogen and oxygen atoms in total. The predicted octanol–water partition coefficient (Wildman–Crippen LogP) is 3.30. The molecule has 4 rings (SSSR count). The van der Waals surface area contributed by atoms with Gasteiger partial charge < -0.3 is 19.0 Å². The van der Waals surface area contributed by atoms with Gasteiger partial charge in [-0.05, 0) is 30.3 Å². The normalized spacial score (nSPS) is 38.9. The van der Waals surface area contributed by atoms with Crippen molar-refractivity contribution in [3.63, 3.8) is 0 Å². The summed E-state index contributed by atoms with van der Waals surface area (Å²) in [6.45, 7) is 10.7. The van der Waals surface area contributed by atoms with Gasteiger partial charge in [-0.25, -0.2) is 4.99 Å². The molecule has 0 unspecified atom stereocenters. The molecule has 2 fully saturated rings. The molecule has 1 N–H and O–H groups in total. The van der Waals surface area contributed by atoms with Gasteiger partial charge in [0.15, 0.2) is 19.5 Å². The van der Waals surface area contributed by atoms with E-state index in [4.69, 9.17) is 25.5 Å². The van der Waals surface area contributed by atoms with Crippen LogP contribution < -0.4 is 0 Å². The molecule has 0 aromatic heterocycles. The number of nitrogens with zero attached hydrogens (tertiary/aromatic N) is 1. The Balaban J connectivity index is 1.60. The lowest BCUT2D eigenvalue weighted by Gasteiger charge is -2.46. The van der Waals surface area contributed by atoms with Gasteiger partial charge in [0.25, 0.3) is 0 Å². The number of halogens is 1. The van der Waals surface area contributed by atoms with E-state index >= 15 is 0 Å². The van der Waals surface area contributed by atoms with Gasteiger partial charge in [-0.15, -0.1) is 0 Å². The number of aliphatic imine (C=N–C) groups is 1. The molecule has 7 heteroatoms. The maximum Gasteiger partial charge on any atom is 0.217 e. The molecule has 3 heterocycles. The van der Waals surface area contributed by atoms with Gasteiger partial charge in [0.1, 0.15) is 24.4 Å². The highest BCUT2D eigenvalue weighted by molar-refractivity contribution is 6.74. The third kappa shape index (κ3) is 2.58. The first-order valence-corrected chi connectivity index (χ1v) is 12.4. The van der Waals surface area contributed by atoms with Crippen molar-refractivity contribution >= 4 is 25.8 Å². The molecule has 0 amide bonds. The van der Waals surface area contributed by atoms with Gasteiger partial charge in [0.2, 0.25) is 5.90 Å². The van der Waals surface area contributed by atoms with Crippen LogP contribution in [-0.4, -0.2) is 54.8 Å². The average molecular weight is 396 g/mol. The molecule has 26 heavy (non-hydrogen) atoms. The summed E-state index contributed by atoms with van der Waals surface area (Å²) >= 11 is 6.88. The molecule has 6 atom stereocenters. The lowest BCUT2D eigenvalue weighted by molar-refractivity contribution is -0.0485. The van der Waals surface area contributed by atoms with Crippen molar-refractivity contribution < 1.29 is 19.0 Å². The Morgan fingerprint density at radius 3 is 2.46 bits per heavy atom. The molecule has 0 spiro atoms. The van der Waals surface area contributed by atoms with Gasteiger partial charge in [-0.2, -0.15) is 0 Å². The summed E-state index contributed by atoms with van der Waals surface area (Å²) in [6.07, 6.45) is -2.32. The number of ether oxygens (including phenoxy) is 2. The molecule has 0 saturated carbocycles. The first kappa shape index (κ1) is 18.4. The van der Waals surface area contributed by atoms with Crippen LogP contribution in [0, 0.1) is 0 Å². The fourth-order valence-corrected chi connectivity index (χ4v) is 5.83. The smallest absolute Gasteiger partial charge is 0.217 e. The number of fused-ring (bicyclic) bond motifs is 5. The molecular formula is C19H26ClNO4Si. The molecule has 142 valence electrons. The summed E-state index contributed by atoms with van der Waals surface area (Å²) in [4.78, 5) is 4.67. The molecular weight excluding hydrogens is 370 g/mol. The third-order valence-electron chi connectivity index (χ3n) is 6.13. The number of hydrogen-bond donors (Lipinski definition) is 1. The van der Waals surface area contributed by atoms with E-state index < -0.39 is 31.7 Å². The number of hydrogen-bond acceptors (Lipinski definition) is 5. The molecule has 3 aliphatic heterocycles. The Hall–Kier alpha value is -0.923. The Morgan fingerprint density at radius 2 is 1.85 bits per heavy atom. The zero-order valence-electron chi connectivity index (χ0n) is 15.8. The molecule has 2 saturated heterocycles.